The molecule has 1 heterocycles. The number of nitrogens with zero attached hydrogens (tertiary/aromatic N) is 1. The third kappa shape index (κ3) is 8.56. The lowest BCUT2D eigenvalue weighted by Gasteiger charge is -2.06. The molecule has 0 aliphatic rings. The summed E-state index contributed by atoms with van der Waals surface area (Å²) in [5.41, 5.74) is 3.02. The lowest BCUT2D eigenvalue weighted by atomic mass is 10.1. The van der Waals surface area contributed by atoms with Gasteiger partial charge in [-0.1, -0.05) is 30.9 Å². The Bertz CT molecular complexity index is 826. The van der Waals surface area contributed by atoms with Crippen molar-refractivity contribution < 1.29 is 19.1 Å². The van der Waals surface area contributed by atoms with E-state index >= 15 is 0 Å². The van der Waals surface area contributed by atoms with E-state index in [1.54, 1.807) is 31.5 Å². The predicted molar refractivity (Wildman–Crippen MR) is 114 cm³/mol. The highest BCUT2D eigenvalue weighted by Crippen LogP contribution is 2.11. The molecule has 5 nitrogen and oxygen atoms in total. The zero-order chi connectivity index (χ0) is 20.9. The number of pyridine rings is 1. The molecule has 0 bridgehead atoms. The topological polar surface area (TPSA) is 65.5 Å². The molecule has 2 rings (SSSR count). The lowest BCUT2D eigenvalue weighted by Crippen LogP contribution is -2.07. The number of carbonyl (C=O) groups excluding carboxylic acids is 2. The van der Waals surface area contributed by atoms with Crippen molar-refractivity contribution in [2.45, 2.75) is 32.6 Å². The van der Waals surface area contributed by atoms with Gasteiger partial charge in [0.15, 0.2) is 0 Å². The van der Waals surface area contributed by atoms with Crippen molar-refractivity contribution in [2.75, 3.05) is 13.2 Å². The molecule has 0 saturated carbocycles. The Labute approximate surface area is 172 Å². The quantitative estimate of drug-likeness (QED) is 0.302. The van der Waals surface area contributed by atoms with Crippen LogP contribution in [0.1, 0.15) is 54.1 Å². The highest BCUT2D eigenvalue weighted by atomic mass is 16.5. The second kappa shape index (κ2) is 12.3. The molecule has 0 aliphatic carbocycles. The number of carbonyl (C=O) groups is 2. The van der Waals surface area contributed by atoms with Crippen molar-refractivity contribution in [3.8, 4) is 0 Å². The van der Waals surface area contributed by atoms with E-state index in [2.05, 4.69) is 11.6 Å². The van der Waals surface area contributed by atoms with E-state index in [0.717, 1.165) is 36.8 Å². The van der Waals surface area contributed by atoms with Crippen LogP contribution in [0.4, 0.5) is 0 Å². The number of ether oxygens (including phenoxy) is 2. The van der Waals surface area contributed by atoms with Crippen LogP contribution in [-0.4, -0.2) is 30.1 Å². The molecule has 29 heavy (non-hydrogen) atoms. The van der Waals surface area contributed by atoms with Crippen molar-refractivity contribution >= 4 is 24.1 Å². The average Bonchev–Trinajstić information content (AvgIpc) is 2.74. The Kier molecular flexibility index (Phi) is 9.36. The summed E-state index contributed by atoms with van der Waals surface area (Å²) >= 11 is 0. The first-order valence-electron chi connectivity index (χ1n) is 9.74. The zero-order valence-electron chi connectivity index (χ0n) is 16.8. The SMILES string of the molecule is C=C(C)C(=O)OCCCCCCOC(=O)c1ccc(/C=C/c2ccncc2)cc1. The summed E-state index contributed by atoms with van der Waals surface area (Å²) in [6.45, 7) is 5.94. The number of unbranched alkanes of at least 4 members (excludes halogenated alkanes) is 3. The van der Waals surface area contributed by atoms with E-state index in [4.69, 9.17) is 9.47 Å². The first-order chi connectivity index (χ1) is 14.1. The Balaban J connectivity index is 1.62. The molecule has 0 saturated heterocycles. The summed E-state index contributed by atoms with van der Waals surface area (Å²) in [4.78, 5) is 27.3. The maximum absolute atomic E-state index is 12.1. The van der Waals surface area contributed by atoms with Crippen molar-refractivity contribution in [2.24, 2.45) is 0 Å². The number of hydrogen-bond acceptors (Lipinski definition) is 5. The van der Waals surface area contributed by atoms with Crippen LogP contribution >= 0.6 is 0 Å². The van der Waals surface area contributed by atoms with E-state index in [1.165, 1.54) is 0 Å². The van der Waals surface area contributed by atoms with E-state index < -0.39 is 0 Å². The fourth-order valence-corrected chi connectivity index (χ4v) is 2.49. The second-order valence-electron chi connectivity index (χ2n) is 6.70. The van der Waals surface area contributed by atoms with Crippen molar-refractivity contribution in [1.82, 2.24) is 4.98 Å². The molecule has 0 radical (unpaired) electrons. The Hall–Kier alpha value is -3.21. The third-order valence-corrected chi connectivity index (χ3v) is 4.17. The molecule has 0 aliphatic heterocycles. The predicted octanol–water partition coefficient (Wildman–Crippen LogP) is 5.09. The van der Waals surface area contributed by atoms with Gasteiger partial charge in [0.05, 0.1) is 18.8 Å². The first kappa shape index (κ1) is 22.1. The van der Waals surface area contributed by atoms with E-state index in [1.807, 2.05) is 36.4 Å². The smallest absolute Gasteiger partial charge is 0.338 e. The van der Waals surface area contributed by atoms with E-state index in [-0.39, 0.29) is 11.9 Å². The largest absolute Gasteiger partial charge is 0.462 e. The van der Waals surface area contributed by atoms with Gasteiger partial charge in [-0.2, -0.15) is 0 Å². The lowest BCUT2D eigenvalue weighted by molar-refractivity contribution is -0.139. The zero-order valence-corrected chi connectivity index (χ0v) is 16.8. The number of benzene rings is 1. The monoisotopic (exact) mass is 393 g/mol. The van der Waals surface area contributed by atoms with Gasteiger partial charge in [-0.05, 0) is 68.0 Å². The Morgan fingerprint density at radius 2 is 1.41 bits per heavy atom. The summed E-state index contributed by atoms with van der Waals surface area (Å²) in [6.07, 6.45) is 10.9. The van der Waals surface area contributed by atoms with Crippen LogP contribution in [-0.2, 0) is 14.3 Å². The van der Waals surface area contributed by atoms with Crippen LogP contribution in [0.3, 0.4) is 0 Å². The Morgan fingerprint density at radius 1 is 0.862 bits per heavy atom. The first-order valence-corrected chi connectivity index (χ1v) is 9.74. The molecule has 0 N–H and O–H groups in total. The molecule has 1 aromatic carbocycles. The molecule has 0 unspecified atom stereocenters. The number of esters is 2. The fourth-order valence-electron chi connectivity index (χ4n) is 2.49. The molecule has 2 aromatic rings. The van der Waals surface area contributed by atoms with Crippen molar-refractivity contribution in [1.29, 1.82) is 0 Å². The summed E-state index contributed by atoms with van der Waals surface area (Å²) in [5.74, 6) is -0.664. The van der Waals surface area contributed by atoms with Crippen LogP contribution in [0.25, 0.3) is 12.2 Å². The van der Waals surface area contributed by atoms with Gasteiger partial charge in [0, 0.05) is 18.0 Å². The highest BCUT2D eigenvalue weighted by Gasteiger charge is 2.06. The molecule has 0 fully saturated rings. The van der Waals surface area contributed by atoms with E-state index in [0.29, 0.717) is 24.4 Å². The number of hydrogen-bond donors (Lipinski definition) is 0. The summed E-state index contributed by atoms with van der Waals surface area (Å²) in [5, 5.41) is 0. The maximum Gasteiger partial charge on any atom is 0.338 e. The molecule has 152 valence electrons. The van der Waals surface area contributed by atoms with Crippen LogP contribution in [0.5, 0.6) is 0 Å². The Morgan fingerprint density at radius 3 is 2.00 bits per heavy atom. The van der Waals surface area contributed by atoms with Gasteiger partial charge in [-0.15, -0.1) is 0 Å². The summed E-state index contributed by atoms with van der Waals surface area (Å²) < 4.78 is 10.3. The van der Waals surface area contributed by atoms with Crippen molar-refractivity contribution in [3.63, 3.8) is 0 Å². The molecule has 0 spiro atoms. The highest BCUT2D eigenvalue weighted by molar-refractivity contribution is 5.89. The standard InChI is InChI=1S/C24H27NO4/c1-19(2)23(26)28-17-5-3-4-6-18-29-24(27)22-11-9-20(10-12-22)7-8-21-13-15-25-16-14-21/h7-16H,1,3-6,17-18H2,2H3/b8-7+. The molecule has 0 amide bonds. The normalized spacial score (nSPS) is 10.7. The molecule has 0 atom stereocenters. The fraction of sp³-hybridized carbons (Fsp3) is 0.292. The van der Waals surface area contributed by atoms with Gasteiger partial charge < -0.3 is 9.47 Å². The van der Waals surface area contributed by atoms with Gasteiger partial charge in [0.25, 0.3) is 0 Å². The second-order valence-corrected chi connectivity index (χ2v) is 6.70. The molecule has 5 heteroatoms. The molecular weight excluding hydrogens is 366 g/mol. The van der Waals surface area contributed by atoms with Crippen LogP contribution in [0.15, 0.2) is 60.9 Å². The van der Waals surface area contributed by atoms with Crippen LogP contribution in [0.2, 0.25) is 0 Å². The van der Waals surface area contributed by atoms with Crippen LogP contribution < -0.4 is 0 Å². The minimum absolute atomic E-state index is 0.315. The minimum Gasteiger partial charge on any atom is -0.462 e. The summed E-state index contributed by atoms with van der Waals surface area (Å²) in [6, 6.07) is 11.2. The van der Waals surface area contributed by atoms with Gasteiger partial charge in [-0.25, -0.2) is 9.59 Å². The third-order valence-electron chi connectivity index (χ3n) is 4.17. The average molecular weight is 393 g/mol. The molecular formula is C24H27NO4. The van der Waals surface area contributed by atoms with Crippen molar-refractivity contribution in [3.05, 3.63) is 77.6 Å². The van der Waals surface area contributed by atoms with Crippen LogP contribution in [0, 0.1) is 0 Å². The number of rotatable bonds is 11. The van der Waals surface area contributed by atoms with E-state index in [9.17, 15) is 9.59 Å². The maximum atomic E-state index is 12.1. The summed E-state index contributed by atoms with van der Waals surface area (Å²) in [7, 11) is 0. The molecule has 1 aromatic heterocycles. The minimum atomic E-state index is -0.349. The van der Waals surface area contributed by atoms with Gasteiger partial charge in [0.1, 0.15) is 0 Å². The number of aromatic nitrogens is 1. The van der Waals surface area contributed by atoms with Gasteiger partial charge in [0.2, 0.25) is 0 Å². The van der Waals surface area contributed by atoms with Gasteiger partial charge in [-0.3, -0.25) is 4.98 Å². The van der Waals surface area contributed by atoms with Gasteiger partial charge >= 0.3 is 11.9 Å².